The van der Waals surface area contributed by atoms with Crippen LogP contribution < -0.4 is 10.2 Å². The van der Waals surface area contributed by atoms with E-state index in [1.165, 1.54) is 12.1 Å². The van der Waals surface area contributed by atoms with Crippen molar-refractivity contribution in [3.05, 3.63) is 100 Å². The Kier molecular flexibility index (Phi) is 4.77. The molecule has 1 atom stereocenters. The maximum Gasteiger partial charge on any atom is 0.429 e. The summed E-state index contributed by atoms with van der Waals surface area (Å²) >= 11 is 5.95. The second-order valence-electron chi connectivity index (χ2n) is 7.46. The smallest absolute Gasteiger partial charge is 0.318 e. The Balaban J connectivity index is 2.07. The van der Waals surface area contributed by atoms with Gasteiger partial charge in [0, 0.05) is 22.7 Å². The summed E-state index contributed by atoms with van der Waals surface area (Å²) < 4.78 is 14.5. The topological polar surface area (TPSA) is 43.1 Å². The molecule has 0 fully saturated rings. The molecule has 1 aliphatic rings. The van der Waals surface area contributed by atoms with Gasteiger partial charge in [0.2, 0.25) is 0 Å². The van der Waals surface area contributed by atoms with E-state index in [9.17, 15) is 4.79 Å². The van der Waals surface area contributed by atoms with Crippen LogP contribution in [0.4, 0.5) is 20.6 Å². The minimum atomic E-state index is -0.685. The van der Waals surface area contributed by atoms with Crippen molar-refractivity contribution in [2.45, 2.75) is 19.8 Å². The molecule has 0 bridgehead atoms. The van der Waals surface area contributed by atoms with Gasteiger partial charge in [-0.15, -0.1) is 4.48 Å². The van der Waals surface area contributed by atoms with Crippen LogP contribution in [0, 0.1) is 5.82 Å². The number of urea groups is 1. The molecule has 29 heavy (non-hydrogen) atoms. The Morgan fingerprint density at radius 1 is 0.966 bits per heavy atom. The average Bonchev–Trinajstić information content (AvgIpc) is 3.04. The molecule has 0 saturated heterocycles. The minimum absolute atomic E-state index is 0.145. The number of halogens is 2. The van der Waals surface area contributed by atoms with Crippen molar-refractivity contribution in [2.75, 3.05) is 0 Å². The number of nitrogens with two attached hydrogens (primary N) is 1. The van der Waals surface area contributed by atoms with Gasteiger partial charge in [-0.2, -0.15) is 0 Å². The number of para-hydroxylation sites is 1. The van der Waals surface area contributed by atoms with Crippen molar-refractivity contribution in [3.8, 4) is 0 Å². The van der Waals surface area contributed by atoms with Crippen LogP contribution in [-0.4, -0.2) is 6.03 Å². The summed E-state index contributed by atoms with van der Waals surface area (Å²) in [5, 5.41) is 0.260. The fraction of sp³-hybridized carbons (Fsp3) is 0.125. The molecule has 146 valence electrons. The van der Waals surface area contributed by atoms with E-state index >= 15 is 4.39 Å². The first-order chi connectivity index (χ1) is 13.9. The average molecular weight is 408 g/mol. The predicted molar refractivity (Wildman–Crippen MR) is 116 cm³/mol. The molecule has 0 spiro atoms. The van der Waals surface area contributed by atoms with Gasteiger partial charge >= 0.3 is 6.03 Å². The third kappa shape index (κ3) is 2.96. The highest BCUT2D eigenvalue weighted by molar-refractivity contribution is 6.30. The number of fused-ring (bicyclic) bond motifs is 1. The van der Waals surface area contributed by atoms with Crippen molar-refractivity contribution < 1.29 is 9.18 Å². The van der Waals surface area contributed by atoms with Crippen LogP contribution in [0.3, 0.4) is 0 Å². The highest BCUT2D eigenvalue weighted by Gasteiger charge is 2.48. The molecular weight excluding hydrogens is 387 g/mol. The van der Waals surface area contributed by atoms with Gasteiger partial charge < -0.3 is 5.73 Å². The zero-order valence-electron chi connectivity index (χ0n) is 16.2. The lowest BCUT2D eigenvalue weighted by Gasteiger charge is -2.27. The van der Waals surface area contributed by atoms with Crippen LogP contribution in [0.2, 0.25) is 5.02 Å². The number of carbonyl (C=O) groups is 1. The number of hydrogen-bond acceptors (Lipinski definition) is 1. The third-order valence-electron chi connectivity index (χ3n) is 5.41. The summed E-state index contributed by atoms with van der Waals surface area (Å²) in [6.07, 6.45) is 1.75. The van der Waals surface area contributed by atoms with Crippen molar-refractivity contribution in [1.29, 1.82) is 0 Å². The normalized spacial score (nSPS) is 17.9. The highest BCUT2D eigenvalue weighted by atomic mass is 35.5. The second kappa shape index (κ2) is 7.14. The van der Waals surface area contributed by atoms with Gasteiger partial charge in [0.05, 0.1) is 5.56 Å². The summed E-state index contributed by atoms with van der Waals surface area (Å²) in [5.74, 6) is -0.302. The maximum atomic E-state index is 15.0. The van der Waals surface area contributed by atoms with Crippen LogP contribution >= 0.6 is 11.6 Å². The van der Waals surface area contributed by atoms with Gasteiger partial charge in [0.15, 0.2) is 17.2 Å². The summed E-state index contributed by atoms with van der Waals surface area (Å²) in [6, 6.07) is 19.2. The molecule has 1 aliphatic heterocycles. The van der Waals surface area contributed by atoms with Gasteiger partial charge in [-0.3, -0.25) is 0 Å². The van der Waals surface area contributed by atoms with Crippen LogP contribution in [0.5, 0.6) is 0 Å². The van der Waals surface area contributed by atoms with Crippen molar-refractivity contribution >= 4 is 34.6 Å². The van der Waals surface area contributed by atoms with Crippen molar-refractivity contribution in [3.63, 3.8) is 0 Å². The SMILES string of the molecule is CC(C)c1ccccc1C1=C[N+](C(N)=O)(c2ccc(Cl)cc2F)c2ccccc21. The molecule has 3 aromatic rings. The predicted octanol–water partition coefficient (Wildman–Crippen LogP) is 6.72. The van der Waals surface area contributed by atoms with E-state index in [1.807, 2.05) is 42.5 Å². The molecule has 1 heterocycles. The van der Waals surface area contributed by atoms with E-state index in [-0.39, 0.29) is 16.6 Å². The molecule has 5 heteroatoms. The van der Waals surface area contributed by atoms with Crippen molar-refractivity contribution in [2.24, 2.45) is 5.73 Å². The number of amides is 2. The number of nitrogens with zero attached hydrogens (tertiary/aromatic N) is 1. The standard InChI is InChI=1S/C24H20ClFN2O/c1-15(2)17-7-3-4-8-18(17)20-14-28(24(27)29,22-10-6-5-9-19(20)22)23-12-11-16(25)13-21(23)26/h3-15H,1-2H3,(H-,27,29)/p+1. The van der Waals surface area contributed by atoms with Gasteiger partial charge in [-0.05, 0) is 35.2 Å². The van der Waals surface area contributed by atoms with Crippen molar-refractivity contribution in [1.82, 2.24) is 4.48 Å². The number of rotatable bonds is 3. The lowest BCUT2D eigenvalue weighted by molar-refractivity contribution is 0.236. The van der Waals surface area contributed by atoms with E-state index in [1.54, 1.807) is 12.3 Å². The fourth-order valence-corrected chi connectivity index (χ4v) is 4.23. The quantitative estimate of drug-likeness (QED) is 0.481. The second-order valence-corrected chi connectivity index (χ2v) is 7.89. The molecule has 0 radical (unpaired) electrons. The molecule has 2 N–H and O–H groups in total. The first-order valence-electron chi connectivity index (χ1n) is 9.42. The van der Waals surface area contributed by atoms with Gasteiger partial charge in [-0.1, -0.05) is 61.8 Å². The van der Waals surface area contributed by atoms with E-state index in [0.717, 1.165) is 22.3 Å². The number of primary amides is 1. The zero-order chi connectivity index (χ0) is 20.8. The number of benzene rings is 3. The van der Waals surface area contributed by atoms with Gasteiger partial charge in [0.25, 0.3) is 0 Å². The summed E-state index contributed by atoms with van der Waals surface area (Å²) in [5.41, 5.74) is 10.5. The van der Waals surface area contributed by atoms with Gasteiger partial charge in [-0.25, -0.2) is 9.18 Å². The molecule has 2 amide bonds. The van der Waals surface area contributed by atoms with Crippen LogP contribution in [0.25, 0.3) is 5.57 Å². The molecule has 3 nitrogen and oxygen atoms in total. The lowest BCUT2D eigenvalue weighted by Crippen LogP contribution is -2.47. The zero-order valence-corrected chi connectivity index (χ0v) is 17.0. The summed E-state index contributed by atoms with van der Waals surface area (Å²) in [7, 11) is 0. The monoisotopic (exact) mass is 407 g/mol. The third-order valence-corrected chi connectivity index (χ3v) is 5.64. The lowest BCUT2D eigenvalue weighted by atomic mass is 9.90. The Hall–Kier alpha value is -2.95. The summed E-state index contributed by atoms with van der Waals surface area (Å²) in [4.78, 5) is 12.9. The van der Waals surface area contributed by atoms with Gasteiger partial charge in [0.1, 0.15) is 6.20 Å². The Bertz CT molecular complexity index is 1160. The molecule has 0 saturated carbocycles. The van der Waals surface area contributed by atoms with E-state index < -0.39 is 16.3 Å². The number of quaternary nitrogens is 1. The van der Waals surface area contributed by atoms with E-state index in [2.05, 4.69) is 19.9 Å². The maximum absolute atomic E-state index is 15.0. The Morgan fingerprint density at radius 3 is 2.28 bits per heavy atom. The largest absolute Gasteiger partial charge is 0.429 e. The number of hydrogen-bond donors (Lipinski definition) is 1. The van der Waals surface area contributed by atoms with Crippen LogP contribution in [0.15, 0.2) is 72.9 Å². The molecule has 1 unspecified atom stereocenters. The van der Waals surface area contributed by atoms with Crippen LogP contribution in [-0.2, 0) is 0 Å². The molecule has 0 aliphatic carbocycles. The first kappa shape index (κ1) is 19.4. The highest BCUT2D eigenvalue weighted by Crippen LogP contribution is 2.50. The molecule has 3 aromatic carbocycles. The molecule has 4 rings (SSSR count). The Morgan fingerprint density at radius 2 is 1.62 bits per heavy atom. The minimum Gasteiger partial charge on any atom is -0.318 e. The van der Waals surface area contributed by atoms with E-state index in [0.29, 0.717) is 5.69 Å². The number of carbonyl (C=O) groups excluding carboxylic acids is 1. The molecule has 0 aromatic heterocycles. The summed E-state index contributed by atoms with van der Waals surface area (Å²) in [6.45, 7) is 4.24. The molecular formula is C24H21ClFN2O+. The van der Waals surface area contributed by atoms with Crippen LogP contribution in [0.1, 0.15) is 36.5 Å². The first-order valence-corrected chi connectivity index (χ1v) is 9.80. The fourth-order valence-electron chi connectivity index (χ4n) is 4.07. The Labute approximate surface area is 174 Å². The van der Waals surface area contributed by atoms with E-state index in [4.69, 9.17) is 17.3 Å².